The molecule has 128 valence electrons. The van der Waals surface area contributed by atoms with Crippen molar-refractivity contribution in [2.45, 2.75) is 71.1 Å². The Balaban J connectivity index is 1.90. The molecule has 2 rings (SSSR count). The predicted octanol–water partition coefficient (Wildman–Crippen LogP) is 4.38. The minimum atomic E-state index is -0.491. The number of nitrogens with one attached hydrogen (secondary N) is 2. The van der Waals surface area contributed by atoms with Gasteiger partial charge in [0.1, 0.15) is 11.4 Å². The van der Waals surface area contributed by atoms with Crippen LogP contribution >= 0.6 is 0 Å². The largest absolute Gasteiger partial charge is 0.444 e. The van der Waals surface area contributed by atoms with Gasteiger partial charge in [-0.1, -0.05) is 6.07 Å². The zero-order valence-corrected chi connectivity index (χ0v) is 14.4. The lowest BCUT2D eigenvalue weighted by Crippen LogP contribution is -2.43. The minimum absolute atomic E-state index is 0.0879. The summed E-state index contributed by atoms with van der Waals surface area (Å²) in [6.07, 6.45) is 3.43. The second-order valence-electron chi connectivity index (χ2n) is 7.31. The molecule has 0 bridgehead atoms. The molecular formula is C18H27FN2O2. The summed E-state index contributed by atoms with van der Waals surface area (Å²) in [5.41, 5.74) is 1.36. The molecule has 0 radical (unpaired) electrons. The molecule has 1 amide bonds. The van der Waals surface area contributed by atoms with Gasteiger partial charge in [0.15, 0.2) is 0 Å². The van der Waals surface area contributed by atoms with Gasteiger partial charge in [-0.05, 0) is 71.1 Å². The van der Waals surface area contributed by atoms with E-state index in [1.165, 1.54) is 12.1 Å². The summed E-state index contributed by atoms with van der Waals surface area (Å²) in [6, 6.07) is 5.08. The third kappa shape index (κ3) is 5.73. The number of carbonyl (C=O) groups is 1. The van der Waals surface area contributed by atoms with Crippen LogP contribution in [0.5, 0.6) is 0 Å². The molecule has 1 aliphatic rings. The number of benzene rings is 1. The Hall–Kier alpha value is -1.78. The first-order valence-corrected chi connectivity index (χ1v) is 8.25. The number of hydrogen-bond acceptors (Lipinski definition) is 3. The van der Waals surface area contributed by atoms with Crippen molar-refractivity contribution >= 4 is 11.8 Å². The van der Waals surface area contributed by atoms with Crippen LogP contribution in [0.1, 0.15) is 52.0 Å². The first kappa shape index (κ1) is 17.6. The number of amides is 1. The highest BCUT2D eigenvalue weighted by Crippen LogP contribution is 2.25. The standard InChI is InChI=1S/C18H27FN2O2/c1-12-8-9-13(19)10-16(12)20-14-6-5-7-15(11-14)21-17(22)23-18(2,3)4/h8-10,14-15,20H,5-7,11H2,1-4H3,(H,21,22). The van der Waals surface area contributed by atoms with Crippen LogP contribution in [-0.4, -0.2) is 23.8 Å². The molecule has 0 aromatic heterocycles. The fraction of sp³-hybridized carbons (Fsp3) is 0.611. The van der Waals surface area contributed by atoms with Crippen LogP contribution in [0.25, 0.3) is 0 Å². The molecule has 5 heteroatoms. The van der Waals surface area contributed by atoms with Gasteiger partial charge in [-0.25, -0.2) is 9.18 Å². The summed E-state index contributed by atoms with van der Waals surface area (Å²) in [6.45, 7) is 7.51. The number of ether oxygens (including phenoxy) is 1. The van der Waals surface area contributed by atoms with Crippen molar-refractivity contribution in [2.24, 2.45) is 0 Å². The zero-order valence-electron chi connectivity index (χ0n) is 14.4. The topological polar surface area (TPSA) is 50.4 Å². The Morgan fingerprint density at radius 3 is 2.65 bits per heavy atom. The van der Waals surface area contributed by atoms with Crippen molar-refractivity contribution < 1.29 is 13.9 Å². The SMILES string of the molecule is Cc1ccc(F)cc1NC1CCCC(NC(=O)OC(C)(C)C)C1. The molecule has 4 nitrogen and oxygen atoms in total. The number of hydrogen-bond donors (Lipinski definition) is 2. The highest BCUT2D eigenvalue weighted by atomic mass is 19.1. The Morgan fingerprint density at radius 2 is 1.96 bits per heavy atom. The maximum absolute atomic E-state index is 13.4. The first-order valence-electron chi connectivity index (χ1n) is 8.25. The van der Waals surface area contributed by atoms with E-state index >= 15 is 0 Å². The van der Waals surface area contributed by atoms with E-state index in [0.717, 1.165) is 36.9 Å². The predicted molar refractivity (Wildman–Crippen MR) is 90.2 cm³/mol. The third-order valence-corrected chi connectivity index (χ3v) is 3.95. The molecule has 2 atom stereocenters. The van der Waals surface area contributed by atoms with Crippen molar-refractivity contribution in [2.75, 3.05) is 5.32 Å². The quantitative estimate of drug-likeness (QED) is 0.868. The van der Waals surface area contributed by atoms with E-state index in [-0.39, 0.29) is 24.0 Å². The average Bonchev–Trinajstić information content (AvgIpc) is 2.41. The number of alkyl carbamates (subject to hydrolysis) is 1. The van der Waals surface area contributed by atoms with Crippen LogP contribution in [0.3, 0.4) is 0 Å². The number of aryl methyl sites for hydroxylation is 1. The van der Waals surface area contributed by atoms with Crippen LogP contribution in [-0.2, 0) is 4.74 Å². The molecule has 23 heavy (non-hydrogen) atoms. The average molecular weight is 322 g/mol. The summed E-state index contributed by atoms with van der Waals surface area (Å²) >= 11 is 0. The van der Waals surface area contributed by atoms with Crippen molar-refractivity contribution in [1.82, 2.24) is 5.32 Å². The fourth-order valence-electron chi connectivity index (χ4n) is 2.90. The van der Waals surface area contributed by atoms with E-state index in [4.69, 9.17) is 4.74 Å². The van der Waals surface area contributed by atoms with Gasteiger partial charge < -0.3 is 15.4 Å². The summed E-state index contributed by atoms with van der Waals surface area (Å²) < 4.78 is 18.7. The Labute approximate surface area is 137 Å². The normalized spacial score (nSPS) is 21.6. The first-order chi connectivity index (χ1) is 10.7. The van der Waals surface area contributed by atoms with Crippen molar-refractivity contribution in [1.29, 1.82) is 0 Å². The van der Waals surface area contributed by atoms with Gasteiger partial charge in [0.2, 0.25) is 0 Å². The second-order valence-corrected chi connectivity index (χ2v) is 7.31. The van der Waals surface area contributed by atoms with Gasteiger partial charge in [-0.3, -0.25) is 0 Å². The molecule has 1 saturated carbocycles. The summed E-state index contributed by atoms with van der Waals surface area (Å²) in [4.78, 5) is 11.9. The molecule has 0 aliphatic heterocycles. The number of halogens is 1. The molecule has 0 spiro atoms. The Kier molecular flexibility index (Phi) is 5.50. The molecule has 2 unspecified atom stereocenters. The summed E-state index contributed by atoms with van der Waals surface area (Å²) in [7, 11) is 0. The molecule has 1 aliphatic carbocycles. The maximum atomic E-state index is 13.4. The molecule has 1 aromatic rings. The zero-order chi connectivity index (χ0) is 17.0. The van der Waals surface area contributed by atoms with Gasteiger partial charge in [0.25, 0.3) is 0 Å². The smallest absolute Gasteiger partial charge is 0.407 e. The van der Waals surface area contributed by atoms with Gasteiger partial charge in [-0.2, -0.15) is 0 Å². The second kappa shape index (κ2) is 7.20. The summed E-state index contributed by atoms with van der Waals surface area (Å²) in [5.74, 6) is -0.239. The van der Waals surface area contributed by atoms with Crippen LogP contribution in [0, 0.1) is 12.7 Å². The lowest BCUT2D eigenvalue weighted by Gasteiger charge is -2.32. The van der Waals surface area contributed by atoms with Gasteiger partial charge in [0.05, 0.1) is 0 Å². The molecule has 1 fully saturated rings. The fourth-order valence-corrected chi connectivity index (χ4v) is 2.90. The van der Waals surface area contributed by atoms with E-state index in [1.54, 1.807) is 6.07 Å². The third-order valence-electron chi connectivity index (χ3n) is 3.95. The van der Waals surface area contributed by atoms with E-state index in [1.807, 2.05) is 27.7 Å². The van der Waals surface area contributed by atoms with Crippen LogP contribution in [0.2, 0.25) is 0 Å². The molecule has 0 heterocycles. The maximum Gasteiger partial charge on any atom is 0.407 e. The molecular weight excluding hydrogens is 295 g/mol. The highest BCUT2D eigenvalue weighted by molar-refractivity contribution is 5.68. The van der Waals surface area contributed by atoms with Crippen LogP contribution < -0.4 is 10.6 Å². The van der Waals surface area contributed by atoms with E-state index < -0.39 is 5.60 Å². The van der Waals surface area contributed by atoms with E-state index in [0.29, 0.717) is 0 Å². The van der Waals surface area contributed by atoms with Crippen molar-refractivity contribution in [3.05, 3.63) is 29.6 Å². The Bertz CT molecular complexity index is 554. The molecule has 0 saturated heterocycles. The number of carbonyl (C=O) groups excluding carboxylic acids is 1. The highest BCUT2D eigenvalue weighted by Gasteiger charge is 2.25. The van der Waals surface area contributed by atoms with Gasteiger partial charge >= 0.3 is 6.09 Å². The van der Waals surface area contributed by atoms with Crippen LogP contribution in [0.15, 0.2) is 18.2 Å². The minimum Gasteiger partial charge on any atom is -0.444 e. The number of anilines is 1. The number of rotatable bonds is 3. The van der Waals surface area contributed by atoms with E-state index in [2.05, 4.69) is 10.6 Å². The molecule has 2 N–H and O–H groups in total. The monoisotopic (exact) mass is 322 g/mol. The lowest BCUT2D eigenvalue weighted by molar-refractivity contribution is 0.0492. The van der Waals surface area contributed by atoms with Gasteiger partial charge in [-0.15, -0.1) is 0 Å². The van der Waals surface area contributed by atoms with Crippen molar-refractivity contribution in [3.8, 4) is 0 Å². The van der Waals surface area contributed by atoms with Crippen molar-refractivity contribution in [3.63, 3.8) is 0 Å². The van der Waals surface area contributed by atoms with Crippen LogP contribution in [0.4, 0.5) is 14.9 Å². The molecule has 1 aromatic carbocycles. The van der Waals surface area contributed by atoms with Gasteiger partial charge in [0, 0.05) is 17.8 Å². The Morgan fingerprint density at radius 1 is 1.26 bits per heavy atom. The lowest BCUT2D eigenvalue weighted by atomic mass is 9.90. The summed E-state index contributed by atoms with van der Waals surface area (Å²) in [5, 5.41) is 6.35. The van der Waals surface area contributed by atoms with E-state index in [9.17, 15) is 9.18 Å².